The fraction of sp³-hybridized carbons (Fsp3) is 0.167. The highest BCUT2D eigenvalue weighted by atomic mass is 16.5. The van der Waals surface area contributed by atoms with Crippen molar-refractivity contribution in [1.82, 2.24) is 4.57 Å². The largest absolute Gasteiger partial charge is 0.497 e. The summed E-state index contributed by atoms with van der Waals surface area (Å²) in [5, 5.41) is 12.3. The predicted octanol–water partition coefficient (Wildman–Crippen LogP) is 4.96. The van der Waals surface area contributed by atoms with E-state index >= 15 is 0 Å². The van der Waals surface area contributed by atoms with Crippen molar-refractivity contribution < 1.29 is 9.53 Å². The number of anilines is 1. The van der Waals surface area contributed by atoms with Crippen molar-refractivity contribution in [3.63, 3.8) is 0 Å². The Bertz CT molecular complexity index is 1100. The van der Waals surface area contributed by atoms with Gasteiger partial charge in [0, 0.05) is 22.8 Å². The lowest BCUT2D eigenvalue weighted by atomic mass is 10.1. The molecule has 0 bridgehead atoms. The first-order valence-corrected chi connectivity index (χ1v) is 9.26. The van der Waals surface area contributed by atoms with E-state index in [9.17, 15) is 10.1 Å². The Labute approximate surface area is 170 Å². The fourth-order valence-corrected chi connectivity index (χ4v) is 3.20. The van der Waals surface area contributed by atoms with Crippen LogP contribution in [-0.4, -0.2) is 17.6 Å². The summed E-state index contributed by atoms with van der Waals surface area (Å²) in [7, 11) is 1.63. The first kappa shape index (κ1) is 20.0. The van der Waals surface area contributed by atoms with Gasteiger partial charge in [-0.2, -0.15) is 5.26 Å². The number of carbonyl (C=O) groups excluding carboxylic acids is 1. The molecule has 0 saturated heterocycles. The van der Waals surface area contributed by atoms with Gasteiger partial charge in [-0.25, -0.2) is 0 Å². The quantitative estimate of drug-likeness (QED) is 0.499. The molecular formula is C24H23N3O2. The number of ether oxygens (including phenoxy) is 1. The number of nitrogens with one attached hydrogen (secondary N) is 1. The third-order valence-corrected chi connectivity index (χ3v) is 4.78. The maximum atomic E-state index is 12.6. The summed E-state index contributed by atoms with van der Waals surface area (Å²) in [6.07, 6.45) is 1.63. The topological polar surface area (TPSA) is 67.0 Å². The molecule has 1 N–H and O–H groups in total. The van der Waals surface area contributed by atoms with Gasteiger partial charge in [-0.1, -0.05) is 17.7 Å². The van der Waals surface area contributed by atoms with E-state index in [1.165, 1.54) is 0 Å². The summed E-state index contributed by atoms with van der Waals surface area (Å²) in [5.74, 6) is 0.362. The van der Waals surface area contributed by atoms with E-state index in [4.69, 9.17) is 4.74 Å². The molecule has 2 aromatic carbocycles. The number of hydrogen-bond donors (Lipinski definition) is 1. The number of nitriles is 1. The number of benzene rings is 2. The molecule has 0 unspecified atom stereocenters. The summed E-state index contributed by atoms with van der Waals surface area (Å²) < 4.78 is 7.30. The normalized spacial score (nSPS) is 11.1. The Hall–Kier alpha value is -3.78. The highest BCUT2D eigenvalue weighted by molar-refractivity contribution is 6.09. The van der Waals surface area contributed by atoms with E-state index in [2.05, 4.69) is 9.88 Å². The van der Waals surface area contributed by atoms with Crippen LogP contribution in [0.4, 0.5) is 5.69 Å². The minimum absolute atomic E-state index is 0.0561. The van der Waals surface area contributed by atoms with Crippen LogP contribution in [0.5, 0.6) is 5.75 Å². The smallest absolute Gasteiger partial charge is 0.266 e. The summed E-state index contributed by atoms with van der Waals surface area (Å²) in [4.78, 5) is 12.6. The van der Waals surface area contributed by atoms with Crippen LogP contribution in [0.1, 0.15) is 22.5 Å². The number of carbonyl (C=O) groups is 1. The summed E-state index contributed by atoms with van der Waals surface area (Å²) in [6, 6.07) is 19.2. The second-order valence-electron chi connectivity index (χ2n) is 6.85. The van der Waals surface area contributed by atoms with Gasteiger partial charge in [0.25, 0.3) is 5.91 Å². The maximum Gasteiger partial charge on any atom is 0.266 e. The molecule has 5 nitrogen and oxygen atoms in total. The van der Waals surface area contributed by atoms with Gasteiger partial charge in [0.05, 0.1) is 7.11 Å². The van der Waals surface area contributed by atoms with Gasteiger partial charge in [0.15, 0.2) is 0 Å². The molecule has 3 rings (SSSR count). The number of rotatable bonds is 5. The molecule has 0 radical (unpaired) electrons. The molecule has 1 amide bonds. The predicted molar refractivity (Wildman–Crippen MR) is 115 cm³/mol. The van der Waals surface area contributed by atoms with E-state index in [-0.39, 0.29) is 5.57 Å². The van der Waals surface area contributed by atoms with Crippen LogP contribution in [-0.2, 0) is 4.79 Å². The second-order valence-corrected chi connectivity index (χ2v) is 6.85. The van der Waals surface area contributed by atoms with Crippen molar-refractivity contribution in [3.8, 4) is 17.5 Å². The van der Waals surface area contributed by atoms with Crippen molar-refractivity contribution in [2.24, 2.45) is 0 Å². The van der Waals surface area contributed by atoms with Crippen LogP contribution < -0.4 is 10.1 Å². The van der Waals surface area contributed by atoms with Crippen LogP contribution >= 0.6 is 0 Å². The lowest BCUT2D eigenvalue weighted by Gasteiger charge is -2.10. The van der Waals surface area contributed by atoms with Crippen molar-refractivity contribution in [3.05, 3.63) is 82.7 Å². The zero-order chi connectivity index (χ0) is 21.0. The third kappa shape index (κ3) is 4.39. The Kier molecular flexibility index (Phi) is 5.85. The van der Waals surface area contributed by atoms with Crippen LogP contribution in [0.3, 0.4) is 0 Å². The Morgan fingerprint density at radius 1 is 1.07 bits per heavy atom. The SMILES string of the molecule is COc1ccc(-n2c(C)cc(/C=C(\C#N)C(=O)Nc3ccc(C)cc3)c2C)cc1. The molecule has 0 aliphatic heterocycles. The number of hydrogen-bond acceptors (Lipinski definition) is 3. The third-order valence-electron chi connectivity index (χ3n) is 4.78. The van der Waals surface area contributed by atoms with E-state index in [0.29, 0.717) is 5.69 Å². The molecule has 1 heterocycles. The molecule has 0 aliphatic carbocycles. The highest BCUT2D eigenvalue weighted by Crippen LogP contribution is 2.24. The average molecular weight is 385 g/mol. The number of amides is 1. The highest BCUT2D eigenvalue weighted by Gasteiger charge is 2.14. The van der Waals surface area contributed by atoms with Gasteiger partial charge < -0.3 is 14.6 Å². The van der Waals surface area contributed by atoms with Crippen LogP contribution in [0, 0.1) is 32.1 Å². The molecule has 0 saturated carbocycles. The molecule has 3 aromatic rings. The van der Waals surface area contributed by atoms with Crippen molar-refractivity contribution in [2.75, 3.05) is 12.4 Å². The van der Waals surface area contributed by atoms with Crippen molar-refractivity contribution >= 4 is 17.7 Å². The second kappa shape index (κ2) is 8.49. The zero-order valence-electron chi connectivity index (χ0n) is 17.0. The first-order chi connectivity index (χ1) is 13.9. The van der Waals surface area contributed by atoms with E-state index < -0.39 is 5.91 Å². The van der Waals surface area contributed by atoms with E-state index in [0.717, 1.165) is 34.0 Å². The summed E-state index contributed by atoms with van der Waals surface area (Å²) >= 11 is 0. The van der Waals surface area contributed by atoms with Crippen LogP contribution in [0.2, 0.25) is 0 Å². The number of methoxy groups -OCH3 is 1. The maximum absolute atomic E-state index is 12.6. The molecule has 29 heavy (non-hydrogen) atoms. The Balaban J connectivity index is 1.90. The minimum atomic E-state index is -0.425. The molecule has 0 aliphatic rings. The molecule has 0 fully saturated rings. The average Bonchev–Trinajstić information content (AvgIpc) is 3.00. The number of nitrogens with zero attached hydrogens (tertiary/aromatic N) is 2. The van der Waals surface area contributed by atoms with Gasteiger partial charge in [-0.15, -0.1) is 0 Å². The van der Waals surface area contributed by atoms with Gasteiger partial charge in [0.1, 0.15) is 17.4 Å². The molecule has 146 valence electrons. The standard InChI is InChI=1S/C24H23N3O2/c1-16-5-7-21(8-6-16)26-24(28)20(15-25)14-19-13-17(2)27(18(19)3)22-9-11-23(29-4)12-10-22/h5-14H,1-4H3,(H,26,28)/b20-14+. The molecular weight excluding hydrogens is 362 g/mol. The Morgan fingerprint density at radius 3 is 2.31 bits per heavy atom. The molecule has 0 atom stereocenters. The molecule has 5 heteroatoms. The van der Waals surface area contributed by atoms with Gasteiger partial charge in [0.2, 0.25) is 0 Å². The van der Waals surface area contributed by atoms with Crippen molar-refractivity contribution in [2.45, 2.75) is 20.8 Å². The Morgan fingerprint density at radius 2 is 1.72 bits per heavy atom. The van der Waals surface area contributed by atoms with Crippen LogP contribution in [0.15, 0.2) is 60.2 Å². The zero-order valence-corrected chi connectivity index (χ0v) is 17.0. The summed E-state index contributed by atoms with van der Waals surface area (Å²) in [5.41, 5.74) is 5.59. The fourth-order valence-electron chi connectivity index (χ4n) is 3.20. The first-order valence-electron chi connectivity index (χ1n) is 9.26. The van der Waals surface area contributed by atoms with E-state index in [1.54, 1.807) is 13.2 Å². The van der Waals surface area contributed by atoms with Crippen LogP contribution in [0.25, 0.3) is 11.8 Å². The van der Waals surface area contributed by atoms with E-state index in [1.807, 2.05) is 81.4 Å². The summed E-state index contributed by atoms with van der Waals surface area (Å²) in [6.45, 7) is 5.94. The van der Waals surface area contributed by atoms with Gasteiger partial charge >= 0.3 is 0 Å². The lowest BCUT2D eigenvalue weighted by Crippen LogP contribution is -2.13. The minimum Gasteiger partial charge on any atom is -0.497 e. The number of aryl methyl sites for hydroxylation is 2. The lowest BCUT2D eigenvalue weighted by molar-refractivity contribution is -0.112. The van der Waals surface area contributed by atoms with Gasteiger partial charge in [-0.05, 0) is 74.9 Å². The molecule has 0 spiro atoms. The number of aromatic nitrogens is 1. The van der Waals surface area contributed by atoms with Gasteiger partial charge in [-0.3, -0.25) is 4.79 Å². The van der Waals surface area contributed by atoms with Crippen molar-refractivity contribution in [1.29, 1.82) is 5.26 Å². The molecule has 1 aromatic heterocycles. The monoisotopic (exact) mass is 385 g/mol.